The van der Waals surface area contributed by atoms with E-state index in [1.165, 1.54) is 12.1 Å². The van der Waals surface area contributed by atoms with Gasteiger partial charge in [-0.3, -0.25) is 9.71 Å². The molecule has 4 rings (SSSR count). The van der Waals surface area contributed by atoms with Crippen LogP contribution in [0.5, 0.6) is 5.75 Å². The van der Waals surface area contributed by atoms with E-state index >= 15 is 0 Å². The Hall–Kier alpha value is -3.72. The molecule has 2 N–H and O–H groups in total. The van der Waals surface area contributed by atoms with Gasteiger partial charge >= 0.3 is 0 Å². The summed E-state index contributed by atoms with van der Waals surface area (Å²) in [5, 5.41) is 3.19. The number of benzene rings is 2. The van der Waals surface area contributed by atoms with Gasteiger partial charge in [0, 0.05) is 24.9 Å². The largest absolute Gasteiger partial charge is 0.494 e. The van der Waals surface area contributed by atoms with Crippen LogP contribution >= 0.6 is 0 Å². The molecule has 0 bridgehead atoms. The van der Waals surface area contributed by atoms with Crippen molar-refractivity contribution >= 4 is 32.7 Å². The van der Waals surface area contributed by atoms with Crippen LogP contribution in [0, 0.1) is 0 Å². The molecule has 2 aromatic heterocycles. The Labute approximate surface area is 186 Å². The van der Waals surface area contributed by atoms with Crippen molar-refractivity contribution in [1.82, 2.24) is 15.0 Å². The fourth-order valence-corrected chi connectivity index (χ4v) is 4.13. The Bertz CT molecular complexity index is 1300. The van der Waals surface area contributed by atoms with E-state index in [1.54, 1.807) is 24.4 Å². The predicted molar refractivity (Wildman–Crippen MR) is 124 cm³/mol. The molecule has 9 heteroatoms. The maximum atomic E-state index is 13.0. The molecular weight excluding hydrogens is 426 g/mol. The van der Waals surface area contributed by atoms with Crippen molar-refractivity contribution in [3.8, 4) is 5.75 Å². The summed E-state index contributed by atoms with van der Waals surface area (Å²) in [4.78, 5) is 13.5. The minimum atomic E-state index is -3.87. The van der Waals surface area contributed by atoms with E-state index < -0.39 is 10.0 Å². The van der Waals surface area contributed by atoms with Crippen molar-refractivity contribution in [3.63, 3.8) is 0 Å². The normalized spacial score (nSPS) is 11.3. The van der Waals surface area contributed by atoms with E-state index in [-0.39, 0.29) is 10.7 Å². The molecule has 0 atom stereocenters. The average molecular weight is 450 g/mol. The molecule has 0 aliphatic heterocycles. The second-order valence-corrected chi connectivity index (χ2v) is 8.60. The highest BCUT2D eigenvalue weighted by Gasteiger charge is 2.19. The highest BCUT2D eigenvalue weighted by molar-refractivity contribution is 7.92. The Morgan fingerprint density at radius 1 is 0.875 bits per heavy atom. The number of nitrogens with one attached hydrogen (secondary N) is 2. The second-order valence-electron chi connectivity index (χ2n) is 6.92. The lowest BCUT2D eigenvalue weighted by Crippen LogP contribution is -2.17. The number of hydrogen-bond acceptors (Lipinski definition) is 7. The quantitative estimate of drug-likeness (QED) is 0.399. The summed E-state index contributed by atoms with van der Waals surface area (Å²) in [7, 11) is -3.87. The number of para-hydroxylation sites is 2. The highest BCUT2D eigenvalue weighted by atomic mass is 32.2. The van der Waals surface area contributed by atoms with Crippen molar-refractivity contribution in [1.29, 1.82) is 0 Å². The minimum Gasteiger partial charge on any atom is -0.494 e. The third kappa shape index (κ3) is 5.12. The fraction of sp³-hybridized carbons (Fsp3) is 0.174. The van der Waals surface area contributed by atoms with E-state index in [1.807, 2.05) is 43.3 Å². The fourth-order valence-electron chi connectivity index (χ4n) is 3.12. The maximum Gasteiger partial charge on any atom is 0.263 e. The number of sulfonamides is 1. The Morgan fingerprint density at radius 2 is 1.56 bits per heavy atom. The molecule has 0 unspecified atom stereocenters. The molecule has 0 spiro atoms. The van der Waals surface area contributed by atoms with E-state index in [0.717, 1.165) is 5.69 Å². The van der Waals surface area contributed by atoms with Gasteiger partial charge in [-0.25, -0.2) is 18.4 Å². The molecule has 2 aromatic carbocycles. The van der Waals surface area contributed by atoms with Crippen LogP contribution in [-0.2, 0) is 16.4 Å². The first-order valence-electron chi connectivity index (χ1n) is 10.2. The van der Waals surface area contributed by atoms with Gasteiger partial charge in [-0.15, -0.1) is 0 Å². The van der Waals surface area contributed by atoms with Crippen molar-refractivity contribution in [2.24, 2.45) is 0 Å². The van der Waals surface area contributed by atoms with E-state index in [2.05, 4.69) is 25.0 Å². The molecule has 0 radical (unpaired) electrons. The van der Waals surface area contributed by atoms with Gasteiger partial charge in [0.1, 0.15) is 5.75 Å². The lowest BCUT2D eigenvalue weighted by Gasteiger charge is -2.14. The molecule has 0 aliphatic rings. The summed E-state index contributed by atoms with van der Waals surface area (Å²) in [6, 6.07) is 19.3. The molecule has 0 amide bonds. The van der Waals surface area contributed by atoms with Crippen LogP contribution in [0.2, 0.25) is 0 Å². The topological polar surface area (TPSA) is 106 Å². The molecule has 8 nitrogen and oxygen atoms in total. The number of fused-ring (bicyclic) bond motifs is 1. The highest BCUT2D eigenvalue weighted by Crippen LogP contribution is 2.25. The zero-order valence-electron chi connectivity index (χ0n) is 17.5. The van der Waals surface area contributed by atoms with Crippen molar-refractivity contribution < 1.29 is 13.2 Å². The molecule has 2 heterocycles. The molecule has 0 fully saturated rings. The lowest BCUT2D eigenvalue weighted by atomic mass is 10.2. The summed E-state index contributed by atoms with van der Waals surface area (Å²) in [6.45, 7) is 2.89. The first kappa shape index (κ1) is 21.5. The average Bonchev–Trinajstić information content (AvgIpc) is 2.80. The zero-order valence-corrected chi connectivity index (χ0v) is 18.3. The molecule has 164 valence electrons. The number of rotatable bonds is 9. The van der Waals surface area contributed by atoms with Crippen LogP contribution in [0.3, 0.4) is 0 Å². The first-order valence-corrected chi connectivity index (χ1v) is 11.7. The van der Waals surface area contributed by atoms with Gasteiger partial charge in [0.2, 0.25) is 0 Å². The van der Waals surface area contributed by atoms with Gasteiger partial charge in [-0.2, -0.15) is 0 Å². The molecule has 0 saturated heterocycles. The van der Waals surface area contributed by atoms with Crippen LogP contribution < -0.4 is 14.8 Å². The van der Waals surface area contributed by atoms with E-state index in [9.17, 15) is 8.42 Å². The molecule has 0 aliphatic carbocycles. The SMILES string of the molecule is CCOc1ccc(S(=O)(=O)Nc2nc3ccccc3nc2NCCc2ccccn2)cc1. The molecule has 4 aromatic rings. The van der Waals surface area contributed by atoms with Crippen LogP contribution in [-0.4, -0.2) is 36.5 Å². The van der Waals surface area contributed by atoms with E-state index in [4.69, 9.17) is 4.74 Å². The van der Waals surface area contributed by atoms with Crippen molar-refractivity contribution in [2.75, 3.05) is 23.2 Å². The minimum absolute atomic E-state index is 0.107. The smallest absolute Gasteiger partial charge is 0.263 e. The van der Waals surface area contributed by atoms with Crippen LogP contribution in [0.1, 0.15) is 12.6 Å². The first-order chi connectivity index (χ1) is 15.5. The van der Waals surface area contributed by atoms with Crippen LogP contribution in [0.25, 0.3) is 11.0 Å². The van der Waals surface area contributed by atoms with Gasteiger partial charge in [0.05, 0.1) is 22.5 Å². The van der Waals surface area contributed by atoms with Crippen LogP contribution in [0.4, 0.5) is 11.6 Å². The third-order valence-electron chi connectivity index (χ3n) is 4.65. The molecule has 32 heavy (non-hydrogen) atoms. The lowest BCUT2D eigenvalue weighted by molar-refractivity contribution is 0.340. The summed E-state index contributed by atoms with van der Waals surface area (Å²) in [5.74, 6) is 1.10. The monoisotopic (exact) mass is 449 g/mol. The summed E-state index contributed by atoms with van der Waals surface area (Å²) >= 11 is 0. The summed E-state index contributed by atoms with van der Waals surface area (Å²) < 4.78 is 34.0. The van der Waals surface area contributed by atoms with Gasteiger partial charge in [0.15, 0.2) is 11.6 Å². The van der Waals surface area contributed by atoms with Crippen molar-refractivity contribution in [2.45, 2.75) is 18.2 Å². The standard InChI is InChI=1S/C23H23N5O3S/c1-2-31-18-10-12-19(13-11-18)32(29,30)28-23-22(25-16-14-17-7-5-6-15-24-17)26-20-8-3-4-9-21(20)27-23/h3-13,15H,2,14,16H2,1H3,(H,25,26)(H,27,28). The van der Waals surface area contributed by atoms with Gasteiger partial charge in [-0.1, -0.05) is 18.2 Å². The number of anilines is 2. The number of hydrogen-bond donors (Lipinski definition) is 2. The summed E-state index contributed by atoms with van der Waals surface area (Å²) in [6.07, 6.45) is 2.39. The molecule has 0 saturated carbocycles. The maximum absolute atomic E-state index is 13.0. The van der Waals surface area contributed by atoms with Crippen LogP contribution in [0.15, 0.2) is 77.8 Å². The van der Waals surface area contributed by atoms with Gasteiger partial charge in [-0.05, 0) is 55.5 Å². The molecular formula is C23H23N5O3S. The Kier molecular flexibility index (Phi) is 6.46. The number of nitrogens with zero attached hydrogens (tertiary/aromatic N) is 3. The number of pyridine rings is 1. The summed E-state index contributed by atoms with van der Waals surface area (Å²) in [5.41, 5.74) is 2.18. The Morgan fingerprint density at radius 3 is 2.22 bits per heavy atom. The zero-order chi connectivity index (χ0) is 22.4. The second kappa shape index (κ2) is 9.61. The predicted octanol–water partition coefficient (Wildman–Crippen LogP) is 3.88. The number of aromatic nitrogens is 3. The Balaban J connectivity index is 1.60. The third-order valence-corrected chi connectivity index (χ3v) is 6.00. The van der Waals surface area contributed by atoms with Gasteiger partial charge < -0.3 is 10.1 Å². The van der Waals surface area contributed by atoms with Crippen molar-refractivity contribution in [3.05, 3.63) is 78.6 Å². The van der Waals surface area contributed by atoms with Gasteiger partial charge in [0.25, 0.3) is 10.0 Å². The number of ether oxygens (including phenoxy) is 1. The van der Waals surface area contributed by atoms with E-state index in [0.29, 0.717) is 42.2 Å².